The van der Waals surface area contributed by atoms with Crippen LogP contribution in [0.25, 0.3) is 71.6 Å². The normalized spacial score (nSPS) is 12.6. The number of anilines is 3. The minimum Gasteiger partial charge on any atom is -0.310 e. The second kappa shape index (κ2) is 15.8. The molecule has 1 aliphatic carbocycles. The Labute approximate surface area is 390 Å². The number of fused-ring (bicyclic) bond motifs is 7. The van der Waals surface area contributed by atoms with Crippen molar-refractivity contribution in [3.63, 3.8) is 0 Å². The molecule has 0 atom stereocenters. The summed E-state index contributed by atoms with van der Waals surface area (Å²) in [6.07, 6.45) is 0. The van der Waals surface area contributed by atoms with Crippen LogP contribution >= 0.6 is 0 Å². The molecule has 13 rings (SSSR count). The van der Waals surface area contributed by atoms with Crippen molar-refractivity contribution in [3.05, 3.63) is 289 Å². The summed E-state index contributed by atoms with van der Waals surface area (Å²) >= 11 is 0. The first-order valence-electron chi connectivity index (χ1n) is 23.2. The van der Waals surface area contributed by atoms with E-state index in [4.69, 9.17) is 0 Å². The molecule has 67 heavy (non-hydrogen) atoms. The van der Waals surface area contributed by atoms with E-state index in [0.29, 0.717) is 0 Å². The number of benzene rings is 11. The van der Waals surface area contributed by atoms with E-state index in [-0.39, 0.29) is 0 Å². The molecule has 2 heteroatoms. The van der Waals surface area contributed by atoms with E-state index in [9.17, 15) is 0 Å². The fourth-order valence-corrected chi connectivity index (χ4v) is 11.0. The van der Waals surface area contributed by atoms with Crippen LogP contribution in [0.4, 0.5) is 17.1 Å². The van der Waals surface area contributed by atoms with Crippen molar-refractivity contribution in [1.29, 1.82) is 0 Å². The minimum absolute atomic E-state index is 0.594. The average Bonchev–Trinajstić information content (AvgIpc) is 3.88. The van der Waals surface area contributed by atoms with Crippen LogP contribution in [0.3, 0.4) is 0 Å². The van der Waals surface area contributed by atoms with Crippen molar-refractivity contribution in [1.82, 2.24) is 4.57 Å². The standard InChI is InChI=1S/C65H44N2/c1-7-19-45(20-8-1)47-31-32-49-40-58-57-36-34-56(44-62(57)65(51-23-11-3-12-24-51,52-25-13-4-14-26-52)61(58)42-50(49)39-47)66(53-27-15-5-16-28-53)55-35-38-64-60(43-55)59-41-48(46-21-9-2-10-22-46)33-37-63(59)67(64)54-29-17-6-18-30-54/h1-44H. The van der Waals surface area contributed by atoms with E-state index >= 15 is 0 Å². The third-order valence-corrected chi connectivity index (χ3v) is 14.0. The van der Waals surface area contributed by atoms with Crippen molar-refractivity contribution < 1.29 is 0 Å². The lowest BCUT2D eigenvalue weighted by atomic mass is 9.67. The Morgan fingerprint density at radius 1 is 0.299 bits per heavy atom. The number of hydrogen-bond acceptors (Lipinski definition) is 1. The largest absolute Gasteiger partial charge is 0.310 e. The summed E-state index contributed by atoms with van der Waals surface area (Å²) < 4.78 is 2.41. The van der Waals surface area contributed by atoms with Crippen LogP contribution < -0.4 is 4.90 Å². The lowest BCUT2D eigenvalue weighted by Gasteiger charge is -2.35. The Balaban J connectivity index is 1.06. The van der Waals surface area contributed by atoms with Crippen molar-refractivity contribution >= 4 is 49.6 Å². The van der Waals surface area contributed by atoms with Crippen LogP contribution in [-0.2, 0) is 5.41 Å². The maximum Gasteiger partial charge on any atom is 0.0714 e. The Bertz CT molecular complexity index is 3730. The molecule has 0 N–H and O–H groups in total. The Morgan fingerprint density at radius 3 is 1.43 bits per heavy atom. The van der Waals surface area contributed by atoms with E-state index < -0.39 is 5.41 Å². The average molecular weight is 853 g/mol. The molecular formula is C65H44N2. The van der Waals surface area contributed by atoms with Gasteiger partial charge in [-0.1, -0.05) is 182 Å². The number of nitrogens with zero attached hydrogens (tertiary/aromatic N) is 2. The fourth-order valence-electron chi connectivity index (χ4n) is 11.0. The molecule has 1 aliphatic rings. The Morgan fingerprint density at radius 2 is 0.791 bits per heavy atom. The maximum atomic E-state index is 2.48. The number of hydrogen-bond donors (Lipinski definition) is 0. The van der Waals surface area contributed by atoms with Crippen LogP contribution in [0.2, 0.25) is 0 Å². The zero-order valence-corrected chi connectivity index (χ0v) is 36.8. The molecule has 0 bridgehead atoms. The molecule has 2 nitrogen and oxygen atoms in total. The highest BCUT2D eigenvalue weighted by Crippen LogP contribution is 2.58. The molecule has 0 aliphatic heterocycles. The molecule has 11 aromatic carbocycles. The van der Waals surface area contributed by atoms with Gasteiger partial charge in [-0.25, -0.2) is 0 Å². The molecule has 314 valence electrons. The SMILES string of the molecule is c1ccc(-c2ccc3cc4c(cc3c2)C(c2ccccc2)(c2ccccc2)c2cc(N(c3ccccc3)c3ccc5c(c3)c3cc(-c6ccccc6)ccc3n5-c3ccccc3)ccc2-4)cc1. The van der Waals surface area contributed by atoms with Gasteiger partial charge in [0.15, 0.2) is 0 Å². The zero-order valence-electron chi connectivity index (χ0n) is 36.8. The van der Waals surface area contributed by atoms with E-state index in [0.717, 1.165) is 22.7 Å². The minimum atomic E-state index is -0.594. The van der Waals surface area contributed by atoms with Crippen LogP contribution in [0.1, 0.15) is 22.3 Å². The van der Waals surface area contributed by atoms with Gasteiger partial charge in [0.1, 0.15) is 0 Å². The van der Waals surface area contributed by atoms with Crippen LogP contribution in [0, 0.1) is 0 Å². The highest BCUT2D eigenvalue weighted by atomic mass is 15.1. The van der Waals surface area contributed by atoms with Gasteiger partial charge in [0.2, 0.25) is 0 Å². The third kappa shape index (κ3) is 6.26. The maximum absolute atomic E-state index is 2.48. The second-order valence-corrected chi connectivity index (χ2v) is 17.7. The van der Waals surface area contributed by atoms with E-state index in [1.807, 2.05) is 0 Å². The first-order valence-corrected chi connectivity index (χ1v) is 23.2. The molecule has 0 unspecified atom stereocenters. The second-order valence-electron chi connectivity index (χ2n) is 17.7. The topological polar surface area (TPSA) is 8.17 Å². The molecule has 1 aromatic heterocycles. The summed E-state index contributed by atoms with van der Waals surface area (Å²) in [5, 5.41) is 4.88. The molecule has 0 amide bonds. The van der Waals surface area contributed by atoms with Gasteiger partial charge in [0.05, 0.1) is 16.4 Å². The lowest BCUT2D eigenvalue weighted by Crippen LogP contribution is -2.28. The van der Waals surface area contributed by atoms with Crippen molar-refractivity contribution in [2.24, 2.45) is 0 Å². The molecule has 0 fully saturated rings. The molecule has 0 radical (unpaired) electrons. The summed E-state index contributed by atoms with van der Waals surface area (Å²) in [4.78, 5) is 2.44. The summed E-state index contributed by atoms with van der Waals surface area (Å²) in [6, 6.07) is 98.3. The first kappa shape index (κ1) is 38.7. The van der Waals surface area contributed by atoms with Gasteiger partial charge in [0.25, 0.3) is 0 Å². The lowest BCUT2D eigenvalue weighted by molar-refractivity contribution is 0.769. The molecule has 0 saturated carbocycles. The summed E-state index contributed by atoms with van der Waals surface area (Å²) in [7, 11) is 0. The van der Waals surface area contributed by atoms with Gasteiger partial charge in [-0.15, -0.1) is 0 Å². The van der Waals surface area contributed by atoms with E-state index in [1.54, 1.807) is 0 Å². The Kier molecular flexibility index (Phi) is 9.11. The predicted octanol–water partition coefficient (Wildman–Crippen LogP) is 17.1. The van der Waals surface area contributed by atoms with Gasteiger partial charge in [-0.3, -0.25) is 0 Å². The molecular weight excluding hydrogens is 809 g/mol. The van der Waals surface area contributed by atoms with Crippen LogP contribution in [0.5, 0.6) is 0 Å². The molecule has 12 aromatic rings. The van der Waals surface area contributed by atoms with Gasteiger partial charge in [-0.05, 0) is 151 Å². The van der Waals surface area contributed by atoms with Gasteiger partial charge >= 0.3 is 0 Å². The molecule has 0 saturated heterocycles. The quantitative estimate of drug-likeness (QED) is 0.148. The Hall–Kier alpha value is -8.72. The molecule has 0 spiro atoms. The van der Waals surface area contributed by atoms with Gasteiger partial charge in [-0.2, -0.15) is 0 Å². The van der Waals surface area contributed by atoms with Crippen molar-refractivity contribution in [3.8, 4) is 39.1 Å². The van der Waals surface area contributed by atoms with Crippen molar-refractivity contribution in [2.75, 3.05) is 4.90 Å². The smallest absolute Gasteiger partial charge is 0.0714 e. The monoisotopic (exact) mass is 852 g/mol. The number of aromatic nitrogens is 1. The highest BCUT2D eigenvalue weighted by molar-refractivity contribution is 6.12. The first-order chi connectivity index (χ1) is 33.2. The summed E-state index contributed by atoms with van der Waals surface area (Å²) in [5.41, 5.74) is 18.6. The van der Waals surface area contributed by atoms with Gasteiger partial charge in [0, 0.05) is 33.5 Å². The number of para-hydroxylation sites is 2. The summed E-state index contributed by atoms with van der Waals surface area (Å²) in [5.74, 6) is 0. The summed E-state index contributed by atoms with van der Waals surface area (Å²) in [6.45, 7) is 0. The third-order valence-electron chi connectivity index (χ3n) is 14.0. The highest BCUT2D eigenvalue weighted by Gasteiger charge is 2.46. The van der Waals surface area contributed by atoms with Gasteiger partial charge < -0.3 is 9.47 Å². The van der Waals surface area contributed by atoms with Crippen LogP contribution in [0.15, 0.2) is 267 Å². The molecule has 1 heterocycles. The number of rotatable bonds is 8. The predicted molar refractivity (Wildman–Crippen MR) is 281 cm³/mol. The van der Waals surface area contributed by atoms with E-state index in [1.165, 1.54) is 88.2 Å². The zero-order chi connectivity index (χ0) is 44.3. The van der Waals surface area contributed by atoms with Crippen molar-refractivity contribution in [2.45, 2.75) is 5.41 Å². The fraction of sp³-hybridized carbons (Fsp3) is 0.0154. The van der Waals surface area contributed by atoms with Crippen LogP contribution in [-0.4, -0.2) is 4.57 Å². The van der Waals surface area contributed by atoms with E-state index in [2.05, 4.69) is 276 Å².